The number of unbranched alkanes of at least 4 members (excludes halogenated alkanes) is 1. The molecule has 0 aliphatic heterocycles. The molecule has 0 aromatic carbocycles. The van der Waals surface area contributed by atoms with Crippen LogP contribution in [0.15, 0.2) is 4.99 Å². The van der Waals surface area contributed by atoms with Gasteiger partial charge in [-0.25, -0.2) is 0 Å². The van der Waals surface area contributed by atoms with Gasteiger partial charge in [0.25, 0.3) is 0 Å². The van der Waals surface area contributed by atoms with E-state index in [1.165, 1.54) is 0 Å². The molecule has 0 atom stereocenters. The highest BCUT2D eigenvalue weighted by Gasteiger charge is 1.82. The summed E-state index contributed by atoms with van der Waals surface area (Å²) in [5.74, 6) is 0.159. The van der Waals surface area contributed by atoms with Crippen molar-refractivity contribution in [1.82, 2.24) is 0 Å². The van der Waals surface area contributed by atoms with E-state index >= 15 is 0 Å². The Morgan fingerprint density at radius 2 is 1.80 bits per heavy atom. The van der Waals surface area contributed by atoms with Crippen LogP contribution in [0.25, 0.3) is 0 Å². The van der Waals surface area contributed by atoms with E-state index in [9.17, 15) is 0 Å². The zero-order valence-corrected chi connectivity index (χ0v) is 6.73. The maximum absolute atomic E-state index is 5.23. The maximum Gasteiger partial charge on any atom is 0.185 e. The summed E-state index contributed by atoms with van der Waals surface area (Å²) in [6, 6.07) is 0. The molecule has 10 heavy (non-hydrogen) atoms. The molecule has 0 aliphatic rings. The monoisotopic (exact) mass is 166 g/mol. The van der Waals surface area contributed by atoms with E-state index in [0.717, 1.165) is 12.8 Å². The van der Waals surface area contributed by atoms with Crippen molar-refractivity contribution < 1.29 is 0 Å². The van der Waals surface area contributed by atoms with Gasteiger partial charge < -0.3 is 17.2 Å². The van der Waals surface area contributed by atoms with Crippen LogP contribution >= 0.6 is 12.4 Å². The summed E-state index contributed by atoms with van der Waals surface area (Å²) in [6.07, 6.45) is 1.95. The largest absolute Gasteiger partial charge is 0.370 e. The molecule has 0 amide bonds. The third kappa shape index (κ3) is 10.5. The lowest BCUT2D eigenvalue weighted by atomic mass is 10.3. The highest BCUT2D eigenvalue weighted by Crippen LogP contribution is 1.84. The van der Waals surface area contributed by atoms with Crippen molar-refractivity contribution in [3.63, 3.8) is 0 Å². The third-order valence-corrected chi connectivity index (χ3v) is 0.907. The number of hydrogen-bond donors (Lipinski definition) is 3. The second-order valence-corrected chi connectivity index (χ2v) is 1.80. The quantitative estimate of drug-likeness (QED) is 0.297. The van der Waals surface area contributed by atoms with E-state index in [-0.39, 0.29) is 18.4 Å². The van der Waals surface area contributed by atoms with Crippen molar-refractivity contribution >= 4 is 18.4 Å². The summed E-state index contributed by atoms with van der Waals surface area (Å²) < 4.78 is 0. The predicted molar refractivity (Wildman–Crippen MR) is 46.2 cm³/mol. The molecule has 0 radical (unpaired) electrons. The van der Waals surface area contributed by atoms with Crippen LogP contribution in [0.3, 0.4) is 0 Å². The van der Waals surface area contributed by atoms with Crippen molar-refractivity contribution in [3.05, 3.63) is 0 Å². The molecule has 0 saturated heterocycles. The first kappa shape index (κ1) is 12.2. The fourth-order valence-corrected chi connectivity index (χ4v) is 0.464. The number of halogens is 1. The molecule has 0 bridgehead atoms. The van der Waals surface area contributed by atoms with E-state index in [1.807, 2.05) is 0 Å². The number of nitrogens with zero attached hydrogens (tertiary/aromatic N) is 1. The van der Waals surface area contributed by atoms with Gasteiger partial charge in [-0.3, -0.25) is 4.99 Å². The smallest absolute Gasteiger partial charge is 0.185 e. The zero-order valence-electron chi connectivity index (χ0n) is 5.92. The summed E-state index contributed by atoms with van der Waals surface area (Å²) in [7, 11) is 0. The van der Waals surface area contributed by atoms with Crippen LogP contribution in [-0.4, -0.2) is 19.0 Å². The van der Waals surface area contributed by atoms with Crippen LogP contribution in [0.1, 0.15) is 12.8 Å². The van der Waals surface area contributed by atoms with E-state index in [1.54, 1.807) is 0 Å². The van der Waals surface area contributed by atoms with Gasteiger partial charge in [0.05, 0.1) is 0 Å². The Labute approximate surface area is 67.3 Å². The van der Waals surface area contributed by atoms with Crippen molar-refractivity contribution in [2.75, 3.05) is 13.1 Å². The lowest BCUT2D eigenvalue weighted by Gasteiger charge is -1.92. The summed E-state index contributed by atoms with van der Waals surface area (Å²) in [5, 5.41) is 0. The normalized spacial score (nSPS) is 8.10. The molecule has 0 heterocycles. The minimum absolute atomic E-state index is 0. The van der Waals surface area contributed by atoms with Crippen LogP contribution in [-0.2, 0) is 0 Å². The number of nitrogens with two attached hydrogens (primary N) is 3. The lowest BCUT2D eigenvalue weighted by Crippen LogP contribution is -2.23. The minimum atomic E-state index is 0. The first-order valence-corrected chi connectivity index (χ1v) is 3.03. The standard InChI is InChI=1S/C5H14N4.ClH/c6-3-1-2-4-9-5(7)8;/h1-4,6H2,(H4,7,8,9);1H. The Bertz CT molecular complexity index is 89.6. The fourth-order valence-electron chi connectivity index (χ4n) is 0.464. The Morgan fingerprint density at radius 3 is 2.20 bits per heavy atom. The number of aliphatic imine (C=N–C) groups is 1. The first-order chi connectivity index (χ1) is 4.27. The second kappa shape index (κ2) is 8.52. The molecule has 0 aromatic heterocycles. The molecule has 0 aromatic rings. The second-order valence-electron chi connectivity index (χ2n) is 1.80. The number of guanidine groups is 1. The van der Waals surface area contributed by atoms with E-state index in [0.29, 0.717) is 13.1 Å². The van der Waals surface area contributed by atoms with Crippen LogP contribution in [0.2, 0.25) is 0 Å². The van der Waals surface area contributed by atoms with Gasteiger partial charge in [0.1, 0.15) is 0 Å². The van der Waals surface area contributed by atoms with Crippen molar-refractivity contribution in [1.29, 1.82) is 0 Å². The van der Waals surface area contributed by atoms with Crippen molar-refractivity contribution in [3.8, 4) is 0 Å². The topological polar surface area (TPSA) is 90.4 Å². The van der Waals surface area contributed by atoms with Gasteiger partial charge in [0.15, 0.2) is 5.96 Å². The Kier molecular flexibility index (Phi) is 10.4. The summed E-state index contributed by atoms with van der Waals surface area (Å²) in [6.45, 7) is 1.40. The Balaban J connectivity index is 0. The number of hydrogen-bond acceptors (Lipinski definition) is 2. The SMILES string of the molecule is Cl.NCCCCN=C(N)N. The van der Waals surface area contributed by atoms with Crippen molar-refractivity contribution in [2.24, 2.45) is 22.2 Å². The van der Waals surface area contributed by atoms with Crippen molar-refractivity contribution in [2.45, 2.75) is 12.8 Å². The molecule has 0 unspecified atom stereocenters. The van der Waals surface area contributed by atoms with Gasteiger partial charge >= 0.3 is 0 Å². The van der Waals surface area contributed by atoms with Gasteiger partial charge in [-0.15, -0.1) is 12.4 Å². The van der Waals surface area contributed by atoms with Gasteiger partial charge in [-0.05, 0) is 19.4 Å². The van der Waals surface area contributed by atoms with Gasteiger partial charge in [0.2, 0.25) is 0 Å². The average Bonchev–Trinajstić information content (AvgIpc) is 1.80. The first-order valence-electron chi connectivity index (χ1n) is 3.03. The summed E-state index contributed by atoms with van der Waals surface area (Å²) >= 11 is 0. The molecular formula is C5H15ClN4. The number of rotatable bonds is 4. The van der Waals surface area contributed by atoms with Gasteiger partial charge in [-0.2, -0.15) is 0 Å². The third-order valence-electron chi connectivity index (χ3n) is 0.907. The van der Waals surface area contributed by atoms with Crippen LogP contribution < -0.4 is 17.2 Å². The van der Waals surface area contributed by atoms with Crippen LogP contribution in [0.4, 0.5) is 0 Å². The molecule has 0 fully saturated rings. The highest BCUT2D eigenvalue weighted by molar-refractivity contribution is 5.85. The molecule has 4 nitrogen and oxygen atoms in total. The molecule has 6 N–H and O–H groups in total. The van der Waals surface area contributed by atoms with Gasteiger partial charge in [-0.1, -0.05) is 0 Å². The molecular weight excluding hydrogens is 152 g/mol. The molecule has 62 valence electrons. The van der Waals surface area contributed by atoms with Crippen LogP contribution in [0.5, 0.6) is 0 Å². The fraction of sp³-hybridized carbons (Fsp3) is 0.800. The zero-order chi connectivity index (χ0) is 7.11. The molecule has 5 heteroatoms. The summed E-state index contributed by atoms with van der Waals surface area (Å²) in [5.41, 5.74) is 15.4. The average molecular weight is 167 g/mol. The summed E-state index contributed by atoms with van der Waals surface area (Å²) in [4.78, 5) is 3.78. The highest BCUT2D eigenvalue weighted by atomic mass is 35.5. The van der Waals surface area contributed by atoms with E-state index in [2.05, 4.69) is 4.99 Å². The van der Waals surface area contributed by atoms with E-state index in [4.69, 9.17) is 17.2 Å². The Hall–Kier alpha value is -0.480. The molecule has 0 aliphatic carbocycles. The predicted octanol–water partition coefficient (Wildman–Crippen LogP) is -0.579. The minimum Gasteiger partial charge on any atom is -0.370 e. The molecule has 0 saturated carbocycles. The van der Waals surface area contributed by atoms with Gasteiger partial charge in [0, 0.05) is 6.54 Å². The molecule has 0 spiro atoms. The lowest BCUT2D eigenvalue weighted by molar-refractivity contribution is 0.755. The maximum atomic E-state index is 5.23. The van der Waals surface area contributed by atoms with Crippen LogP contribution in [0, 0.1) is 0 Å². The Morgan fingerprint density at radius 1 is 1.20 bits per heavy atom. The molecule has 0 rings (SSSR count). The van der Waals surface area contributed by atoms with E-state index < -0.39 is 0 Å².